The highest BCUT2D eigenvalue weighted by molar-refractivity contribution is 7.87. The van der Waals surface area contributed by atoms with Gasteiger partial charge in [0.1, 0.15) is 53.8 Å². The lowest BCUT2D eigenvalue weighted by Gasteiger charge is -2.13. The second-order valence-corrected chi connectivity index (χ2v) is 17.9. The summed E-state index contributed by atoms with van der Waals surface area (Å²) >= 11 is 0. The third kappa shape index (κ3) is 8.07. The van der Waals surface area contributed by atoms with E-state index in [2.05, 4.69) is 20.5 Å². The van der Waals surface area contributed by atoms with Gasteiger partial charge in [0.25, 0.3) is 40.5 Å². The molecule has 10 N–H and O–H groups in total. The average Bonchev–Trinajstić information content (AvgIpc) is 3.15. The van der Waals surface area contributed by atoms with Crippen LogP contribution in [-0.2, 0) is 40.5 Å². The molecule has 6 aromatic rings. The molecule has 0 atom stereocenters. The fraction of sp³-hybridized carbons (Fsp3) is 0.0588. The van der Waals surface area contributed by atoms with Crippen LogP contribution in [0.2, 0.25) is 0 Å². The lowest BCUT2D eigenvalue weighted by atomic mass is 10.0. The van der Waals surface area contributed by atoms with E-state index in [0.717, 1.165) is 24.3 Å². The molecule has 60 heavy (non-hydrogen) atoms. The fourth-order valence-corrected chi connectivity index (χ4v) is 8.89. The predicted molar refractivity (Wildman–Crippen MR) is 213 cm³/mol. The number of methoxy groups -OCH3 is 2. The van der Waals surface area contributed by atoms with Gasteiger partial charge in [0.05, 0.1) is 36.4 Å². The molecule has 22 nitrogen and oxygen atoms in total. The first kappa shape index (κ1) is 43.1. The molecule has 0 heterocycles. The van der Waals surface area contributed by atoms with Gasteiger partial charge >= 0.3 is 0 Å². The van der Waals surface area contributed by atoms with Crippen molar-refractivity contribution in [2.75, 3.05) is 25.7 Å². The Morgan fingerprint density at radius 3 is 1.05 bits per heavy atom. The zero-order valence-corrected chi connectivity index (χ0v) is 33.5. The van der Waals surface area contributed by atoms with Crippen LogP contribution in [0, 0.1) is 0 Å². The highest BCUT2D eigenvalue weighted by Crippen LogP contribution is 2.46. The molecule has 314 valence electrons. The van der Waals surface area contributed by atoms with Gasteiger partial charge in [-0.1, -0.05) is 24.3 Å². The number of phenolic OH excluding ortho intramolecular Hbond substituents is 2. The zero-order valence-electron chi connectivity index (χ0n) is 30.3. The van der Waals surface area contributed by atoms with E-state index in [9.17, 15) is 62.1 Å². The molecule has 26 heteroatoms. The first-order valence-corrected chi connectivity index (χ1v) is 21.9. The van der Waals surface area contributed by atoms with Gasteiger partial charge < -0.3 is 31.2 Å². The number of rotatable bonds is 11. The molecule has 0 aliphatic rings. The predicted octanol–water partition coefficient (Wildman–Crippen LogP) is 6.07. The lowest BCUT2D eigenvalue weighted by Crippen LogP contribution is -2.08. The zero-order chi connectivity index (χ0) is 44.3. The number of nitrogen functional groups attached to an aromatic ring is 2. The third-order valence-corrected chi connectivity index (χ3v) is 12.3. The summed E-state index contributed by atoms with van der Waals surface area (Å²) in [4.78, 5) is -4.11. The van der Waals surface area contributed by atoms with Crippen molar-refractivity contribution < 1.29 is 71.6 Å². The minimum absolute atomic E-state index is 0.111. The minimum Gasteiger partial charge on any atom is -0.505 e. The maximum atomic E-state index is 12.0. The van der Waals surface area contributed by atoms with Crippen molar-refractivity contribution in [3.8, 4) is 34.1 Å². The molecule has 0 fully saturated rings. The SMILES string of the molecule is COc1cc(-c2ccc(N=Nc3ccc4c(S(=O)(=O)O)cc(S(=O)(=O)O)c(N)c4c3O)c(OC)c2)ccc1N=Nc1ccc2c(S(=O)(=O)O)cc(S(=O)(=O)O)c(N)c2c1O. The molecule has 0 aromatic heterocycles. The summed E-state index contributed by atoms with van der Waals surface area (Å²) in [5.74, 6) is -1.36. The molecular weight excluding hydrogens is 877 g/mol. The van der Waals surface area contributed by atoms with Crippen LogP contribution in [-0.4, -0.2) is 76.3 Å². The van der Waals surface area contributed by atoms with Crippen LogP contribution >= 0.6 is 0 Å². The summed E-state index contributed by atoms with van der Waals surface area (Å²) < 4.78 is 145. The molecule has 0 saturated carbocycles. The molecule has 0 aliphatic carbocycles. The van der Waals surface area contributed by atoms with Gasteiger partial charge in [0.15, 0.2) is 11.5 Å². The van der Waals surface area contributed by atoms with Crippen LogP contribution in [0.5, 0.6) is 23.0 Å². The Kier molecular flexibility index (Phi) is 11.0. The van der Waals surface area contributed by atoms with Gasteiger partial charge in [-0.3, -0.25) is 18.2 Å². The number of hydrogen-bond donors (Lipinski definition) is 8. The summed E-state index contributed by atoms with van der Waals surface area (Å²) in [7, 11) is -17.8. The van der Waals surface area contributed by atoms with Crippen LogP contribution in [0.3, 0.4) is 0 Å². The Hall–Kier alpha value is -6.52. The maximum Gasteiger partial charge on any atom is 0.296 e. The van der Waals surface area contributed by atoms with Crippen LogP contribution in [0.25, 0.3) is 32.7 Å². The molecule has 0 saturated heterocycles. The first-order valence-electron chi connectivity index (χ1n) is 16.1. The van der Waals surface area contributed by atoms with Crippen LogP contribution < -0.4 is 20.9 Å². The van der Waals surface area contributed by atoms with Crippen LogP contribution in [0.15, 0.2) is 113 Å². The van der Waals surface area contributed by atoms with Crippen molar-refractivity contribution >= 4 is 96.1 Å². The highest BCUT2D eigenvalue weighted by atomic mass is 32.2. The van der Waals surface area contributed by atoms with E-state index < -0.39 is 93.7 Å². The van der Waals surface area contributed by atoms with E-state index in [0.29, 0.717) is 23.3 Å². The third-order valence-electron chi connectivity index (χ3n) is 8.77. The topological polar surface area (TPSA) is 378 Å². The molecule has 0 aliphatic heterocycles. The van der Waals surface area contributed by atoms with Crippen molar-refractivity contribution in [3.63, 3.8) is 0 Å². The smallest absolute Gasteiger partial charge is 0.296 e. The van der Waals surface area contributed by atoms with Gasteiger partial charge in [-0.05, 0) is 59.7 Å². The van der Waals surface area contributed by atoms with Crippen molar-refractivity contribution in [2.45, 2.75) is 19.6 Å². The largest absolute Gasteiger partial charge is 0.505 e. The van der Waals surface area contributed by atoms with Gasteiger partial charge in [0, 0.05) is 10.8 Å². The summed E-state index contributed by atoms with van der Waals surface area (Å²) in [5.41, 5.74) is 11.0. The summed E-state index contributed by atoms with van der Waals surface area (Å²) in [6.07, 6.45) is 0. The van der Waals surface area contributed by atoms with Gasteiger partial charge in [-0.15, -0.1) is 20.5 Å². The highest BCUT2D eigenvalue weighted by Gasteiger charge is 2.28. The van der Waals surface area contributed by atoms with E-state index in [1.807, 2.05) is 0 Å². The molecule has 6 rings (SSSR count). The monoisotopic (exact) mass is 904 g/mol. The van der Waals surface area contributed by atoms with Crippen molar-refractivity contribution in [1.29, 1.82) is 0 Å². The Morgan fingerprint density at radius 2 is 0.750 bits per heavy atom. The van der Waals surface area contributed by atoms with E-state index in [1.165, 1.54) is 26.4 Å². The number of nitrogens with zero attached hydrogens (tertiary/aromatic N) is 4. The first-order chi connectivity index (χ1) is 27.9. The molecule has 0 spiro atoms. The standard InChI is InChI=1S/C34H28N6O16S4/c1-55-23-11-15(3-7-19(23)37-39-21-9-5-17-25(57(43,44)45)13-27(59(49,50)51)31(35)29(17)33(21)41)16-4-8-20(24(12-16)56-2)38-40-22-10-6-18-26(58(46,47)48)14-28(60(52,53)54)32(36)30(18)34(22)42/h3-14,41-42H,35-36H2,1-2H3,(H,43,44,45)(H,46,47,48)(H,49,50,51)(H,52,53,54). The number of phenols is 2. The van der Waals surface area contributed by atoms with Crippen molar-refractivity contribution in [3.05, 3.63) is 72.8 Å². The van der Waals surface area contributed by atoms with Crippen molar-refractivity contribution in [2.24, 2.45) is 20.5 Å². The van der Waals surface area contributed by atoms with Crippen LogP contribution in [0.4, 0.5) is 34.1 Å². The Morgan fingerprint density at radius 1 is 0.450 bits per heavy atom. The number of aromatic hydroxyl groups is 2. The summed E-state index contributed by atoms with van der Waals surface area (Å²) in [5, 5.41) is 36.3. The number of azo groups is 2. The number of fused-ring (bicyclic) bond motifs is 2. The average molecular weight is 905 g/mol. The normalized spacial score (nSPS) is 12.8. The van der Waals surface area contributed by atoms with Crippen molar-refractivity contribution in [1.82, 2.24) is 0 Å². The summed E-state index contributed by atoms with van der Waals surface area (Å²) in [6, 6.07) is 14.5. The summed E-state index contributed by atoms with van der Waals surface area (Å²) in [6.45, 7) is 0. The van der Waals surface area contributed by atoms with E-state index in [1.54, 1.807) is 24.3 Å². The molecule has 0 radical (unpaired) electrons. The molecular formula is C34H28N6O16S4. The fourth-order valence-electron chi connectivity index (χ4n) is 6.02. The van der Waals surface area contributed by atoms with Crippen LogP contribution in [0.1, 0.15) is 0 Å². The second-order valence-electron chi connectivity index (χ2n) is 12.4. The maximum absolute atomic E-state index is 12.0. The molecule has 6 aromatic carbocycles. The number of nitrogens with two attached hydrogens (primary N) is 2. The minimum atomic E-state index is -5.13. The number of hydrogen-bond acceptors (Lipinski definition) is 18. The molecule has 0 amide bonds. The van der Waals surface area contributed by atoms with Gasteiger partial charge in [-0.25, -0.2) is 0 Å². The van der Waals surface area contributed by atoms with E-state index in [-0.39, 0.29) is 45.0 Å². The lowest BCUT2D eigenvalue weighted by molar-refractivity contribution is 0.415. The van der Waals surface area contributed by atoms with Gasteiger partial charge in [0.2, 0.25) is 0 Å². The Balaban J connectivity index is 1.34. The molecule has 0 unspecified atom stereocenters. The van der Waals surface area contributed by atoms with E-state index in [4.69, 9.17) is 20.9 Å². The van der Waals surface area contributed by atoms with E-state index >= 15 is 0 Å². The number of ether oxygens (including phenoxy) is 2. The molecule has 0 bridgehead atoms. The number of anilines is 2. The Bertz CT molecular complexity index is 3120. The van der Waals surface area contributed by atoms with Gasteiger partial charge in [-0.2, -0.15) is 33.7 Å². The Labute approximate surface area is 339 Å². The second kappa shape index (κ2) is 15.3. The quantitative estimate of drug-likeness (QED) is 0.0415. The number of benzene rings is 6.